The summed E-state index contributed by atoms with van der Waals surface area (Å²) in [6, 6.07) is 3.34. The number of carboxylic acid groups (broad SMARTS) is 1. The molecule has 0 radical (unpaired) electrons. The Morgan fingerprint density at radius 3 is 2.52 bits per heavy atom. The monoisotopic (exact) mass is 362 g/mol. The van der Waals surface area contributed by atoms with Crippen molar-refractivity contribution in [2.75, 3.05) is 0 Å². The summed E-state index contributed by atoms with van der Waals surface area (Å²) in [6.07, 6.45) is -3.93. The quantitative estimate of drug-likeness (QED) is 0.860. The number of aromatic nitrogens is 2. The number of alkyl halides is 3. The van der Waals surface area contributed by atoms with Gasteiger partial charge in [-0.1, -0.05) is 15.9 Å². The number of carboxylic acids is 1. The van der Waals surface area contributed by atoms with Gasteiger partial charge in [0.2, 0.25) is 0 Å². The minimum atomic E-state index is -4.65. The van der Waals surface area contributed by atoms with E-state index in [0.717, 1.165) is 18.3 Å². The SMILES string of the molecule is O=C(O)c1cnc(-c2ccc(Br)cc2C(F)(F)F)[nH]c1=O. The lowest BCUT2D eigenvalue weighted by atomic mass is 10.1. The topological polar surface area (TPSA) is 83.0 Å². The zero-order valence-electron chi connectivity index (χ0n) is 10.0. The standard InChI is InChI=1S/C12H6BrF3N2O3/c13-5-1-2-6(8(3-5)12(14,15)16)9-17-4-7(11(20)21)10(19)18-9/h1-4H,(H,20,21)(H,17,18,19). The number of aromatic amines is 1. The van der Waals surface area contributed by atoms with Crippen LogP contribution in [-0.4, -0.2) is 21.0 Å². The van der Waals surface area contributed by atoms with Crippen LogP contribution in [0.5, 0.6) is 0 Å². The highest BCUT2D eigenvalue weighted by Gasteiger charge is 2.34. The summed E-state index contributed by atoms with van der Waals surface area (Å²) in [5.74, 6) is -1.87. The van der Waals surface area contributed by atoms with E-state index < -0.39 is 28.8 Å². The van der Waals surface area contributed by atoms with Crippen molar-refractivity contribution in [3.05, 3.63) is 50.3 Å². The van der Waals surface area contributed by atoms with Crippen molar-refractivity contribution in [1.82, 2.24) is 9.97 Å². The molecule has 0 bridgehead atoms. The molecule has 110 valence electrons. The molecule has 2 aromatic rings. The highest BCUT2D eigenvalue weighted by atomic mass is 79.9. The van der Waals surface area contributed by atoms with Crippen molar-refractivity contribution >= 4 is 21.9 Å². The summed E-state index contributed by atoms with van der Waals surface area (Å²) in [6.45, 7) is 0. The molecule has 0 aliphatic rings. The molecule has 0 amide bonds. The molecular weight excluding hydrogens is 357 g/mol. The van der Waals surface area contributed by atoms with Gasteiger partial charge in [0.05, 0.1) is 5.56 Å². The first kappa shape index (κ1) is 15.2. The van der Waals surface area contributed by atoms with Gasteiger partial charge in [-0.3, -0.25) is 4.79 Å². The van der Waals surface area contributed by atoms with Crippen LogP contribution in [0.2, 0.25) is 0 Å². The molecule has 0 fully saturated rings. The predicted molar refractivity (Wildman–Crippen MR) is 70.0 cm³/mol. The van der Waals surface area contributed by atoms with Gasteiger partial charge in [0.1, 0.15) is 11.4 Å². The molecule has 0 atom stereocenters. The predicted octanol–water partition coefficient (Wildman–Crippen LogP) is 2.92. The zero-order valence-corrected chi connectivity index (χ0v) is 11.6. The maximum atomic E-state index is 13.0. The molecule has 2 rings (SSSR count). The van der Waals surface area contributed by atoms with Crippen LogP contribution >= 0.6 is 15.9 Å². The Morgan fingerprint density at radius 1 is 1.33 bits per heavy atom. The van der Waals surface area contributed by atoms with Crippen molar-refractivity contribution in [3.63, 3.8) is 0 Å². The van der Waals surface area contributed by atoms with Gasteiger partial charge in [0.15, 0.2) is 0 Å². The van der Waals surface area contributed by atoms with Crippen molar-refractivity contribution < 1.29 is 23.1 Å². The fourth-order valence-electron chi connectivity index (χ4n) is 1.64. The smallest absolute Gasteiger partial charge is 0.417 e. The lowest BCUT2D eigenvalue weighted by molar-refractivity contribution is -0.137. The van der Waals surface area contributed by atoms with E-state index in [1.54, 1.807) is 0 Å². The number of nitrogens with one attached hydrogen (secondary N) is 1. The number of aromatic carboxylic acids is 1. The van der Waals surface area contributed by atoms with Crippen LogP contribution in [-0.2, 0) is 6.18 Å². The van der Waals surface area contributed by atoms with Gasteiger partial charge >= 0.3 is 12.1 Å². The number of hydrogen-bond donors (Lipinski definition) is 2. The van der Waals surface area contributed by atoms with E-state index in [1.807, 2.05) is 4.98 Å². The number of carbonyl (C=O) groups is 1. The number of hydrogen-bond acceptors (Lipinski definition) is 3. The van der Waals surface area contributed by atoms with Crippen LogP contribution in [0.25, 0.3) is 11.4 Å². The normalized spacial score (nSPS) is 11.4. The summed E-state index contributed by atoms with van der Waals surface area (Å²) in [5.41, 5.74) is -3.02. The molecule has 2 N–H and O–H groups in total. The molecule has 0 unspecified atom stereocenters. The van der Waals surface area contributed by atoms with Crippen LogP contribution in [0.1, 0.15) is 15.9 Å². The fourth-order valence-corrected chi connectivity index (χ4v) is 2.00. The Labute approximate surface area is 123 Å². The summed E-state index contributed by atoms with van der Waals surface area (Å²) in [5, 5.41) is 8.70. The molecule has 9 heteroatoms. The Hall–Kier alpha value is -2.16. The molecule has 1 aromatic heterocycles. The van der Waals surface area contributed by atoms with Crippen LogP contribution < -0.4 is 5.56 Å². The third-order valence-electron chi connectivity index (χ3n) is 2.57. The van der Waals surface area contributed by atoms with E-state index in [0.29, 0.717) is 0 Å². The highest BCUT2D eigenvalue weighted by molar-refractivity contribution is 9.10. The second-order valence-corrected chi connectivity index (χ2v) is 4.88. The van der Waals surface area contributed by atoms with Gasteiger partial charge in [-0.15, -0.1) is 0 Å². The van der Waals surface area contributed by atoms with Crippen LogP contribution in [0.4, 0.5) is 13.2 Å². The second kappa shape index (κ2) is 5.32. The molecule has 5 nitrogen and oxygen atoms in total. The van der Waals surface area contributed by atoms with E-state index in [2.05, 4.69) is 20.9 Å². The number of benzene rings is 1. The molecule has 0 spiro atoms. The van der Waals surface area contributed by atoms with Crippen LogP contribution in [0, 0.1) is 0 Å². The Bertz CT molecular complexity index is 771. The number of nitrogens with zero attached hydrogens (tertiary/aromatic N) is 1. The summed E-state index contributed by atoms with van der Waals surface area (Å²) < 4.78 is 39.2. The third kappa shape index (κ3) is 3.13. The molecular formula is C12H6BrF3N2O3. The van der Waals surface area contributed by atoms with Crippen LogP contribution in [0.3, 0.4) is 0 Å². The lowest BCUT2D eigenvalue weighted by Crippen LogP contribution is -2.19. The summed E-state index contributed by atoms with van der Waals surface area (Å²) in [7, 11) is 0. The average Bonchev–Trinajstić information content (AvgIpc) is 2.37. The molecule has 1 aromatic carbocycles. The van der Waals surface area contributed by atoms with Crippen molar-refractivity contribution in [1.29, 1.82) is 0 Å². The molecule has 1 heterocycles. The molecule has 21 heavy (non-hydrogen) atoms. The minimum absolute atomic E-state index is 0.211. The van der Waals surface area contributed by atoms with Crippen LogP contribution in [0.15, 0.2) is 33.7 Å². The number of halogens is 4. The number of H-pyrrole nitrogens is 1. The second-order valence-electron chi connectivity index (χ2n) is 3.97. The van der Waals surface area contributed by atoms with Gasteiger partial charge in [-0.2, -0.15) is 13.2 Å². The Morgan fingerprint density at radius 2 is 2.00 bits per heavy atom. The Balaban J connectivity index is 2.65. The first-order valence-corrected chi connectivity index (χ1v) is 6.19. The van der Waals surface area contributed by atoms with E-state index in [-0.39, 0.29) is 15.9 Å². The lowest BCUT2D eigenvalue weighted by Gasteiger charge is -2.12. The van der Waals surface area contributed by atoms with Gasteiger partial charge < -0.3 is 10.1 Å². The van der Waals surface area contributed by atoms with Gasteiger partial charge in [-0.05, 0) is 18.2 Å². The van der Waals surface area contributed by atoms with Crippen molar-refractivity contribution in [3.8, 4) is 11.4 Å². The molecule has 0 saturated heterocycles. The Kier molecular flexibility index (Phi) is 3.86. The van der Waals surface area contributed by atoms with Gasteiger partial charge in [0.25, 0.3) is 5.56 Å². The molecule has 0 aliphatic carbocycles. The average molecular weight is 363 g/mol. The van der Waals surface area contributed by atoms with Gasteiger partial charge in [0, 0.05) is 16.2 Å². The fraction of sp³-hybridized carbons (Fsp3) is 0.0833. The highest BCUT2D eigenvalue weighted by Crippen LogP contribution is 2.37. The molecule has 0 aliphatic heterocycles. The van der Waals surface area contributed by atoms with Crippen molar-refractivity contribution in [2.24, 2.45) is 0 Å². The first-order valence-electron chi connectivity index (χ1n) is 5.40. The van der Waals surface area contributed by atoms with E-state index in [9.17, 15) is 22.8 Å². The third-order valence-corrected chi connectivity index (χ3v) is 3.07. The molecule has 0 saturated carbocycles. The number of rotatable bonds is 2. The van der Waals surface area contributed by atoms with E-state index in [1.165, 1.54) is 6.07 Å². The van der Waals surface area contributed by atoms with E-state index >= 15 is 0 Å². The van der Waals surface area contributed by atoms with E-state index in [4.69, 9.17) is 5.11 Å². The maximum absolute atomic E-state index is 13.0. The maximum Gasteiger partial charge on any atom is 0.417 e. The van der Waals surface area contributed by atoms with Gasteiger partial charge in [-0.25, -0.2) is 9.78 Å². The summed E-state index contributed by atoms with van der Waals surface area (Å²) in [4.78, 5) is 27.8. The first-order chi connectivity index (χ1) is 9.70. The minimum Gasteiger partial charge on any atom is -0.477 e. The summed E-state index contributed by atoms with van der Waals surface area (Å²) >= 11 is 2.94. The zero-order chi connectivity index (χ0) is 15.8. The van der Waals surface area contributed by atoms with Crippen molar-refractivity contribution in [2.45, 2.75) is 6.18 Å². The largest absolute Gasteiger partial charge is 0.477 e.